The lowest BCUT2D eigenvalue weighted by Gasteiger charge is -2.32. The molecular formula is C23H25ClN2O3. The van der Waals surface area contributed by atoms with Crippen LogP contribution < -0.4 is 10.1 Å². The summed E-state index contributed by atoms with van der Waals surface area (Å²) in [5, 5.41) is 3.55. The van der Waals surface area contributed by atoms with Crippen molar-refractivity contribution >= 4 is 29.5 Å². The molecule has 3 rings (SSSR count). The Kier molecular flexibility index (Phi) is 7.70. The number of hydrogen-bond donors (Lipinski definition) is 1. The molecule has 0 atom stereocenters. The van der Waals surface area contributed by atoms with E-state index in [9.17, 15) is 9.59 Å². The quantitative estimate of drug-likeness (QED) is 0.704. The molecule has 1 aliphatic rings. The van der Waals surface area contributed by atoms with E-state index in [1.54, 1.807) is 12.1 Å². The van der Waals surface area contributed by atoms with Gasteiger partial charge in [0.1, 0.15) is 5.75 Å². The van der Waals surface area contributed by atoms with Crippen LogP contribution in [0.2, 0.25) is 5.02 Å². The highest BCUT2D eigenvalue weighted by Crippen LogP contribution is 2.18. The second-order valence-electron chi connectivity index (χ2n) is 7.03. The summed E-state index contributed by atoms with van der Waals surface area (Å²) in [4.78, 5) is 26.2. The zero-order valence-electron chi connectivity index (χ0n) is 16.2. The number of likely N-dealkylation sites (tertiary alicyclic amines) is 1. The van der Waals surface area contributed by atoms with Gasteiger partial charge in [-0.05, 0) is 48.6 Å². The molecular weight excluding hydrogens is 388 g/mol. The number of carbonyl (C=O) groups is 2. The number of nitrogens with one attached hydrogen (secondary N) is 1. The van der Waals surface area contributed by atoms with E-state index in [4.69, 9.17) is 16.3 Å². The Morgan fingerprint density at radius 2 is 1.76 bits per heavy atom. The molecule has 0 saturated carbocycles. The lowest BCUT2D eigenvalue weighted by atomic mass is 9.96. The molecule has 6 heteroatoms. The normalized spacial score (nSPS) is 14.7. The number of amides is 2. The van der Waals surface area contributed by atoms with Gasteiger partial charge in [0.15, 0.2) is 6.61 Å². The van der Waals surface area contributed by atoms with Crippen molar-refractivity contribution in [1.29, 1.82) is 0 Å². The summed E-state index contributed by atoms with van der Waals surface area (Å²) >= 11 is 6.08. The van der Waals surface area contributed by atoms with Crippen LogP contribution in [0.4, 0.5) is 0 Å². The minimum absolute atomic E-state index is 0.000915. The predicted octanol–water partition coefficient (Wildman–Crippen LogP) is 3.79. The largest absolute Gasteiger partial charge is 0.484 e. The summed E-state index contributed by atoms with van der Waals surface area (Å²) in [6.07, 6.45) is 4.95. The second kappa shape index (κ2) is 10.7. The Labute approximate surface area is 176 Å². The van der Waals surface area contributed by atoms with Crippen molar-refractivity contribution in [2.45, 2.75) is 12.8 Å². The zero-order chi connectivity index (χ0) is 20.5. The van der Waals surface area contributed by atoms with Crippen molar-refractivity contribution in [3.63, 3.8) is 0 Å². The van der Waals surface area contributed by atoms with E-state index in [2.05, 4.69) is 5.32 Å². The summed E-state index contributed by atoms with van der Waals surface area (Å²) < 4.78 is 5.53. The summed E-state index contributed by atoms with van der Waals surface area (Å²) in [6, 6.07) is 16.7. The van der Waals surface area contributed by atoms with Crippen LogP contribution in [0.3, 0.4) is 0 Å². The standard InChI is InChI=1S/C23H25ClN2O3/c24-21-9-5-4-6-19(21)10-11-22(27)25-16-18-12-14-26(15-13-18)23(28)17-29-20-7-2-1-3-8-20/h1-11,18H,12-17H2,(H,25,27)/b11-10+. The number of piperidine rings is 1. The summed E-state index contributed by atoms with van der Waals surface area (Å²) in [6.45, 7) is 2.03. The van der Waals surface area contributed by atoms with E-state index in [-0.39, 0.29) is 18.4 Å². The van der Waals surface area contributed by atoms with Crippen LogP contribution in [0.1, 0.15) is 18.4 Å². The molecule has 2 aromatic rings. The Hall–Kier alpha value is -2.79. The third-order valence-electron chi connectivity index (χ3n) is 4.96. The van der Waals surface area contributed by atoms with Crippen LogP contribution in [0.15, 0.2) is 60.7 Å². The lowest BCUT2D eigenvalue weighted by molar-refractivity contribution is -0.134. The third kappa shape index (κ3) is 6.64. The smallest absolute Gasteiger partial charge is 0.260 e. The molecule has 29 heavy (non-hydrogen) atoms. The van der Waals surface area contributed by atoms with Gasteiger partial charge >= 0.3 is 0 Å². The second-order valence-corrected chi connectivity index (χ2v) is 7.43. The molecule has 1 saturated heterocycles. The van der Waals surface area contributed by atoms with E-state index >= 15 is 0 Å². The van der Waals surface area contributed by atoms with Crippen molar-refractivity contribution < 1.29 is 14.3 Å². The number of halogens is 1. The van der Waals surface area contributed by atoms with E-state index in [0.717, 1.165) is 18.4 Å². The van der Waals surface area contributed by atoms with Crippen LogP contribution in [-0.2, 0) is 9.59 Å². The van der Waals surface area contributed by atoms with Gasteiger partial charge in [-0.1, -0.05) is 48.0 Å². The molecule has 0 bridgehead atoms. The highest BCUT2D eigenvalue weighted by molar-refractivity contribution is 6.32. The van der Waals surface area contributed by atoms with Gasteiger partial charge in [-0.2, -0.15) is 0 Å². The molecule has 152 valence electrons. The van der Waals surface area contributed by atoms with Crippen molar-refractivity contribution in [3.05, 3.63) is 71.3 Å². The SMILES string of the molecule is O=C(/C=C/c1ccccc1Cl)NCC1CCN(C(=O)COc2ccccc2)CC1. The van der Waals surface area contributed by atoms with E-state index in [0.29, 0.717) is 36.3 Å². The average molecular weight is 413 g/mol. The number of carbonyl (C=O) groups excluding carboxylic acids is 2. The number of benzene rings is 2. The fourth-order valence-electron chi connectivity index (χ4n) is 3.22. The molecule has 2 amide bonds. The van der Waals surface area contributed by atoms with Crippen LogP contribution in [0, 0.1) is 5.92 Å². The molecule has 1 N–H and O–H groups in total. The van der Waals surface area contributed by atoms with Gasteiger partial charge in [0.05, 0.1) is 0 Å². The molecule has 2 aromatic carbocycles. The van der Waals surface area contributed by atoms with E-state index in [1.165, 1.54) is 6.08 Å². The van der Waals surface area contributed by atoms with Crippen molar-refractivity contribution in [2.24, 2.45) is 5.92 Å². The maximum absolute atomic E-state index is 12.3. The van der Waals surface area contributed by atoms with Gasteiger partial charge in [-0.25, -0.2) is 0 Å². The molecule has 0 radical (unpaired) electrons. The monoisotopic (exact) mass is 412 g/mol. The highest BCUT2D eigenvalue weighted by Gasteiger charge is 2.23. The topological polar surface area (TPSA) is 58.6 Å². The maximum atomic E-state index is 12.3. The van der Waals surface area contributed by atoms with Gasteiger partial charge in [0.2, 0.25) is 5.91 Å². The Morgan fingerprint density at radius 3 is 2.48 bits per heavy atom. The fourth-order valence-corrected chi connectivity index (χ4v) is 3.42. The van der Waals surface area contributed by atoms with Crippen LogP contribution in [0.5, 0.6) is 5.75 Å². The summed E-state index contributed by atoms with van der Waals surface area (Å²) in [7, 11) is 0. The number of nitrogens with zero attached hydrogens (tertiary/aromatic N) is 1. The highest BCUT2D eigenvalue weighted by atomic mass is 35.5. The Balaban J connectivity index is 1.35. The van der Waals surface area contributed by atoms with Gasteiger partial charge in [-0.15, -0.1) is 0 Å². The summed E-state index contributed by atoms with van der Waals surface area (Å²) in [5.74, 6) is 0.925. The molecule has 1 heterocycles. The molecule has 1 aliphatic heterocycles. The first-order valence-electron chi connectivity index (χ1n) is 9.78. The zero-order valence-corrected chi connectivity index (χ0v) is 17.0. The molecule has 0 aromatic heterocycles. The Bertz CT molecular complexity index is 846. The Morgan fingerprint density at radius 1 is 1.07 bits per heavy atom. The molecule has 1 fully saturated rings. The van der Waals surface area contributed by atoms with Gasteiger partial charge in [0.25, 0.3) is 5.91 Å². The van der Waals surface area contributed by atoms with Gasteiger partial charge in [-0.3, -0.25) is 9.59 Å². The summed E-state index contributed by atoms with van der Waals surface area (Å²) in [5.41, 5.74) is 0.814. The molecule has 0 spiro atoms. The third-order valence-corrected chi connectivity index (χ3v) is 5.30. The molecule has 0 unspecified atom stereocenters. The lowest BCUT2D eigenvalue weighted by Crippen LogP contribution is -2.43. The van der Waals surface area contributed by atoms with Gasteiger partial charge < -0.3 is 15.0 Å². The number of para-hydroxylation sites is 1. The van der Waals surface area contributed by atoms with Crippen LogP contribution >= 0.6 is 11.6 Å². The van der Waals surface area contributed by atoms with Gasteiger partial charge in [0, 0.05) is 30.7 Å². The number of ether oxygens (including phenoxy) is 1. The molecule has 0 aliphatic carbocycles. The number of hydrogen-bond acceptors (Lipinski definition) is 3. The van der Waals surface area contributed by atoms with Crippen molar-refractivity contribution in [1.82, 2.24) is 10.2 Å². The van der Waals surface area contributed by atoms with E-state index < -0.39 is 0 Å². The molecule has 5 nitrogen and oxygen atoms in total. The van der Waals surface area contributed by atoms with E-state index in [1.807, 2.05) is 53.4 Å². The fraction of sp³-hybridized carbons (Fsp3) is 0.304. The van der Waals surface area contributed by atoms with Crippen molar-refractivity contribution in [3.8, 4) is 5.75 Å². The average Bonchev–Trinajstić information content (AvgIpc) is 2.76. The van der Waals surface area contributed by atoms with Crippen LogP contribution in [0.25, 0.3) is 6.08 Å². The first kappa shape index (κ1) is 20.9. The maximum Gasteiger partial charge on any atom is 0.260 e. The minimum atomic E-state index is -0.139. The minimum Gasteiger partial charge on any atom is -0.484 e. The first-order chi connectivity index (χ1) is 14.1. The number of rotatable bonds is 7. The first-order valence-corrected chi connectivity index (χ1v) is 10.2. The van der Waals surface area contributed by atoms with Crippen LogP contribution in [-0.4, -0.2) is 43.0 Å². The van der Waals surface area contributed by atoms with Crippen molar-refractivity contribution in [2.75, 3.05) is 26.2 Å². The predicted molar refractivity (Wildman–Crippen MR) is 115 cm³/mol.